The third-order valence-electron chi connectivity index (χ3n) is 2.21. The van der Waals surface area contributed by atoms with Crippen LogP contribution in [0.5, 0.6) is 0 Å². The van der Waals surface area contributed by atoms with Gasteiger partial charge in [-0.15, -0.1) is 0 Å². The van der Waals surface area contributed by atoms with Crippen molar-refractivity contribution in [1.29, 1.82) is 0 Å². The van der Waals surface area contributed by atoms with E-state index in [2.05, 4.69) is 11.7 Å². The van der Waals surface area contributed by atoms with Gasteiger partial charge in [0.15, 0.2) is 6.10 Å². The predicted octanol–water partition coefficient (Wildman–Crippen LogP) is 1.36. The summed E-state index contributed by atoms with van der Waals surface area (Å²) in [6.45, 7) is 4.13. The molecule has 0 N–H and O–H groups in total. The molecule has 12 heavy (non-hydrogen) atoms. The number of hydrogen-bond donors (Lipinski definition) is 0. The van der Waals surface area contributed by atoms with Crippen molar-refractivity contribution in [3.63, 3.8) is 0 Å². The summed E-state index contributed by atoms with van der Waals surface area (Å²) in [5.41, 5.74) is 0. The van der Waals surface area contributed by atoms with Gasteiger partial charge in [-0.05, 0) is 25.7 Å². The standard InChI is InChI=1S/C9H16O3/c1-6-4-7(2)12-8(5-6)9(10)11-3/h6-8H,4-5H2,1-3H3/t6-,7?,8?/m1/s1. The molecule has 0 aromatic heterocycles. The molecule has 3 atom stereocenters. The monoisotopic (exact) mass is 172 g/mol. The van der Waals surface area contributed by atoms with Crippen LogP contribution in [0.2, 0.25) is 0 Å². The Morgan fingerprint density at radius 3 is 2.58 bits per heavy atom. The molecule has 0 amide bonds. The molecule has 1 heterocycles. The Kier molecular flexibility index (Phi) is 3.09. The fraction of sp³-hybridized carbons (Fsp3) is 0.889. The highest BCUT2D eigenvalue weighted by Gasteiger charge is 2.30. The smallest absolute Gasteiger partial charge is 0.334 e. The molecule has 0 spiro atoms. The Bertz CT molecular complexity index is 157. The van der Waals surface area contributed by atoms with Crippen LogP contribution in [-0.2, 0) is 14.3 Å². The van der Waals surface area contributed by atoms with Crippen LogP contribution >= 0.6 is 0 Å². The van der Waals surface area contributed by atoms with E-state index < -0.39 is 0 Å². The lowest BCUT2D eigenvalue weighted by Gasteiger charge is -2.30. The van der Waals surface area contributed by atoms with Crippen LogP contribution in [0, 0.1) is 5.92 Å². The topological polar surface area (TPSA) is 35.5 Å². The Balaban J connectivity index is 2.49. The molecule has 3 nitrogen and oxygen atoms in total. The second-order valence-corrected chi connectivity index (χ2v) is 3.54. The number of ether oxygens (including phenoxy) is 2. The average molecular weight is 172 g/mol. The first kappa shape index (κ1) is 9.52. The molecule has 0 aromatic rings. The van der Waals surface area contributed by atoms with Crippen LogP contribution in [0.1, 0.15) is 26.7 Å². The zero-order valence-corrected chi connectivity index (χ0v) is 7.87. The molecule has 0 aromatic carbocycles. The maximum absolute atomic E-state index is 11.1. The van der Waals surface area contributed by atoms with E-state index in [1.54, 1.807) is 0 Å². The quantitative estimate of drug-likeness (QED) is 0.560. The highest BCUT2D eigenvalue weighted by Crippen LogP contribution is 2.24. The normalized spacial score (nSPS) is 36.1. The van der Waals surface area contributed by atoms with E-state index in [0.29, 0.717) is 5.92 Å². The lowest BCUT2D eigenvalue weighted by molar-refractivity contribution is -0.164. The van der Waals surface area contributed by atoms with Gasteiger partial charge in [0.1, 0.15) is 0 Å². The van der Waals surface area contributed by atoms with Crippen molar-refractivity contribution in [1.82, 2.24) is 0 Å². The number of hydrogen-bond acceptors (Lipinski definition) is 3. The second-order valence-electron chi connectivity index (χ2n) is 3.54. The summed E-state index contributed by atoms with van der Waals surface area (Å²) >= 11 is 0. The summed E-state index contributed by atoms with van der Waals surface area (Å²) in [5, 5.41) is 0. The van der Waals surface area contributed by atoms with Crippen LogP contribution in [0.15, 0.2) is 0 Å². The number of esters is 1. The van der Waals surface area contributed by atoms with Crippen molar-refractivity contribution >= 4 is 5.97 Å². The largest absolute Gasteiger partial charge is 0.467 e. The van der Waals surface area contributed by atoms with Crippen molar-refractivity contribution in [3.8, 4) is 0 Å². The van der Waals surface area contributed by atoms with Crippen molar-refractivity contribution < 1.29 is 14.3 Å². The van der Waals surface area contributed by atoms with Gasteiger partial charge in [-0.1, -0.05) is 6.92 Å². The molecule has 1 aliphatic rings. The molecule has 0 saturated carbocycles. The molecule has 0 aliphatic carbocycles. The highest BCUT2D eigenvalue weighted by molar-refractivity contribution is 5.74. The van der Waals surface area contributed by atoms with E-state index in [9.17, 15) is 4.79 Å². The van der Waals surface area contributed by atoms with Gasteiger partial charge in [0.05, 0.1) is 13.2 Å². The van der Waals surface area contributed by atoms with Crippen molar-refractivity contribution in [2.24, 2.45) is 5.92 Å². The Morgan fingerprint density at radius 1 is 1.42 bits per heavy atom. The summed E-state index contributed by atoms with van der Waals surface area (Å²) < 4.78 is 10.1. The SMILES string of the molecule is COC(=O)C1C[C@H](C)CC(C)O1. The maximum atomic E-state index is 11.1. The summed E-state index contributed by atoms with van der Waals surface area (Å²) in [7, 11) is 1.40. The van der Waals surface area contributed by atoms with Crippen molar-refractivity contribution in [2.45, 2.75) is 38.9 Å². The van der Waals surface area contributed by atoms with Crippen molar-refractivity contribution in [3.05, 3.63) is 0 Å². The van der Waals surface area contributed by atoms with E-state index in [-0.39, 0.29) is 18.2 Å². The zero-order chi connectivity index (χ0) is 9.14. The van der Waals surface area contributed by atoms with Gasteiger partial charge < -0.3 is 9.47 Å². The molecule has 3 heteroatoms. The minimum absolute atomic E-state index is 0.179. The summed E-state index contributed by atoms with van der Waals surface area (Å²) in [5.74, 6) is 0.311. The number of carbonyl (C=O) groups excluding carboxylic acids is 1. The summed E-state index contributed by atoms with van der Waals surface area (Å²) in [4.78, 5) is 11.1. The first-order chi connectivity index (χ1) is 5.63. The first-order valence-corrected chi connectivity index (χ1v) is 4.36. The Morgan fingerprint density at radius 2 is 2.08 bits per heavy atom. The molecule has 1 saturated heterocycles. The van der Waals surface area contributed by atoms with E-state index in [1.807, 2.05) is 6.92 Å². The Labute approximate surface area is 73.0 Å². The van der Waals surface area contributed by atoms with Crippen LogP contribution in [-0.4, -0.2) is 25.3 Å². The van der Waals surface area contributed by atoms with Gasteiger partial charge in [-0.3, -0.25) is 0 Å². The first-order valence-electron chi connectivity index (χ1n) is 4.36. The lowest BCUT2D eigenvalue weighted by Crippen LogP contribution is -2.36. The van der Waals surface area contributed by atoms with E-state index in [1.165, 1.54) is 7.11 Å². The van der Waals surface area contributed by atoms with E-state index >= 15 is 0 Å². The fourth-order valence-electron chi connectivity index (χ4n) is 1.70. The van der Waals surface area contributed by atoms with Gasteiger partial charge in [-0.2, -0.15) is 0 Å². The molecule has 1 aliphatic heterocycles. The second kappa shape index (κ2) is 3.90. The lowest BCUT2D eigenvalue weighted by atomic mass is 9.94. The third kappa shape index (κ3) is 2.21. The van der Waals surface area contributed by atoms with Gasteiger partial charge >= 0.3 is 5.97 Å². The van der Waals surface area contributed by atoms with Gasteiger partial charge in [0, 0.05) is 0 Å². The fourth-order valence-corrected chi connectivity index (χ4v) is 1.70. The zero-order valence-electron chi connectivity index (χ0n) is 7.87. The van der Waals surface area contributed by atoms with Gasteiger partial charge in [0.2, 0.25) is 0 Å². The van der Waals surface area contributed by atoms with Crippen LogP contribution in [0.4, 0.5) is 0 Å². The molecular formula is C9H16O3. The molecule has 70 valence electrons. The van der Waals surface area contributed by atoms with Crippen LogP contribution in [0.3, 0.4) is 0 Å². The van der Waals surface area contributed by atoms with E-state index in [0.717, 1.165) is 12.8 Å². The molecule has 2 unspecified atom stereocenters. The predicted molar refractivity (Wildman–Crippen MR) is 44.7 cm³/mol. The minimum atomic E-state index is -0.339. The maximum Gasteiger partial charge on any atom is 0.334 e. The van der Waals surface area contributed by atoms with Gasteiger partial charge in [-0.25, -0.2) is 4.79 Å². The summed E-state index contributed by atoms with van der Waals surface area (Å²) in [6.07, 6.45) is 1.66. The number of methoxy groups -OCH3 is 1. The molecule has 1 rings (SSSR count). The van der Waals surface area contributed by atoms with Gasteiger partial charge in [0.25, 0.3) is 0 Å². The molecule has 0 bridgehead atoms. The highest BCUT2D eigenvalue weighted by atomic mass is 16.6. The third-order valence-corrected chi connectivity index (χ3v) is 2.21. The van der Waals surface area contributed by atoms with Crippen LogP contribution < -0.4 is 0 Å². The van der Waals surface area contributed by atoms with E-state index in [4.69, 9.17) is 4.74 Å². The molecular weight excluding hydrogens is 156 g/mol. The van der Waals surface area contributed by atoms with Crippen molar-refractivity contribution in [2.75, 3.05) is 7.11 Å². The number of carbonyl (C=O) groups is 1. The molecule has 1 fully saturated rings. The Hall–Kier alpha value is -0.570. The average Bonchev–Trinajstić information content (AvgIpc) is 2.01. The minimum Gasteiger partial charge on any atom is -0.467 e. The summed E-state index contributed by atoms with van der Waals surface area (Å²) in [6, 6.07) is 0. The number of rotatable bonds is 1. The molecule has 0 radical (unpaired) electrons. The van der Waals surface area contributed by atoms with Crippen LogP contribution in [0.25, 0.3) is 0 Å².